The van der Waals surface area contributed by atoms with E-state index in [9.17, 15) is 4.79 Å². The highest BCUT2D eigenvalue weighted by atomic mass is 32.1. The van der Waals surface area contributed by atoms with Crippen molar-refractivity contribution in [2.45, 2.75) is 32.1 Å². The van der Waals surface area contributed by atoms with E-state index in [1.807, 2.05) is 29.6 Å². The van der Waals surface area contributed by atoms with Crippen LogP contribution in [-0.4, -0.2) is 54.3 Å². The summed E-state index contributed by atoms with van der Waals surface area (Å²) in [6.07, 6.45) is 2.89. The molecule has 0 bridgehead atoms. The van der Waals surface area contributed by atoms with E-state index in [1.54, 1.807) is 18.4 Å². The Kier molecular flexibility index (Phi) is 8.84. The molecular formula is C27H32N4O2S2. The third-order valence-corrected chi connectivity index (χ3v) is 7.64. The Balaban J connectivity index is 1.34. The van der Waals surface area contributed by atoms with Crippen molar-refractivity contribution in [3.63, 3.8) is 0 Å². The van der Waals surface area contributed by atoms with Gasteiger partial charge in [0.2, 0.25) is 0 Å². The van der Waals surface area contributed by atoms with Crippen molar-refractivity contribution < 1.29 is 9.53 Å². The number of aromatic nitrogens is 1. The van der Waals surface area contributed by atoms with Crippen molar-refractivity contribution in [2.75, 3.05) is 38.7 Å². The Bertz CT molecular complexity index is 1140. The first-order valence-corrected chi connectivity index (χ1v) is 13.3. The maximum absolute atomic E-state index is 13.0. The second-order valence-electron chi connectivity index (χ2n) is 8.78. The normalized spacial score (nSPS) is 14.1. The molecule has 0 unspecified atom stereocenters. The van der Waals surface area contributed by atoms with E-state index < -0.39 is 0 Å². The number of likely N-dealkylation sites (tertiary alicyclic amines) is 1. The number of thiazole rings is 1. The van der Waals surface area contributed by atoms with E-state index in [0.717, 1.165) is 72.4 Å². The molecule has 1 aromatic heterocycles. The molecule has 1 aliphatic rings. The summed E-state index contributed by atoms with van der Waals surface area (Å²) in [7, 11) is 1.71. The van der Waals surface area contributed by atoms with Gasteiger partial charge in [0.05, 0.1) is 5.01 Å². The van der Waals surface area contributed by atoms with Gasteiger partial charge in [0.25, 0.3) is 5.91 Å². The zero-order chi connectivity index (χ0) is 24.6. The molecule has 184 valence electrons. The van der Waals surface area contributed by atoms with Crippen LogP contribution >= 0.6 is 23.6 Å². The van der Waals surface area contributed by atoms with E-state index >= 15 is 0 Å². The highest BCUT2D eigenvalue weighted by molar-refractivity contribution is 7.80. The monoisotopic (exact) mass is 508 g/mol. The van der Waals surface area contributed by atoms with Crippen molar-refractivity contribution in [3.8, 4) is 11.1 Å². The van der Waals surface area contributed by atoms with Crippen LogP contribution in [0, 0.1) is 6.92 Å². The molecule has 2 aromatic carbocycles. The van der Waals surface area contributed by atoms with Crippen LogP contribution in [-0.2, 0) is 4.74 Å². The molecule has 1 saturated heterocycles. The fraction of sp³-hybridized carbons (Fsp3) is 0.370. The molecule has 1 aliphatic heterocycles. The van der Waals surface area contributed by atoms with Gasteiger partial charge in [-0.15, -0.1) is 11.3 Å². The van der Waals surface area contributed by atoms with E-state index in [1.165, 1.54) is 5.56 Å². The molecule has 2 N–H and O–H groups in total. The van der Waals surface area contributed by atoms with Crippen molar-refractivity contribution in [3.05, 3.63) is 70.2 Å². The number of benzene rings is 2. The van der Waals surface area contributed by atoms with Crippen LogP contribution in [0.1, 0.15) is 46.2 Å². The summed E-state index contributed by atoms with van der Waals surface area (Å²) in [4.78, 5) is 20.0. The number of thiocarbonyl (C=S) groups is 1. The van der Waals surface area contributed by atoms with Crippen LogP contribution in [0.3, 0.4) is 0 Å². The Labute approximate surface area is 216 Å². The zero-order valence-electron chi connectivity index (χ0n) is 20.3. The first-order chi connectivity index (χ1) is 17.0. The molecule has 0 saturated carbocycles. The molecule has 2 heterocycles. The number of para-hydroxylation sites is 1. The minimum atomic E-state index is -0.175. The maximum atomic E-state index is 13.0. The molecule has 35 heavy (non-hydrogen) atoms. The van der Waals surface area contributed by atoms with Gasteiger partial charge >= 0.3 is 0 Å². The van der Waals surface area contributed by atoms with Gasteiger partial charge in [-0.05, 0) is 50.0 Å². The van der Waals surface area contributed by atoms with Crippen molar-refractivity contribution >= 4 is 40.3 Å². The lowest BCUT2D eigenvalue weighted by molar-refractivity contribution is 0.102. The Morgan fingerprint density at radius 2 is 1.91 bits per heavy atom. The number of carbonyl (C=O) groups excluding carboxylic acids is 1. The second-order valence-corrected chi connectivity index (χ2v) is 10.1. The summed E-state index contributed by atoms with van der Waals surface area (Å²) in [5.74, 6) is 0.180. The minimum Gasteiger partial charge on any atom is -0.385 e. The predicted octanol–water partition coefficient (Wildman–Crippen LogP) is 5.46. The number of hydrogen-bond donors (Lipinski definition) is 2. The Morgan fingerprint density at radius 3 is 2.66 bits per heavy atom. The summed E-state index contributed by atoms with van der Waals surface area (Å²) >= 11 is 7.11. The van der Waals surface area contributed by atoms with E-state index in [0.29, 0.717) is 11.6 Å². The number of nitrogens with one attached hydrogen (secondary N) is 2. The summed E-state index contributed by atoms with van der Waals surface area (Å²) in [6, 6.07) is 16.2. The van der Waals surface area contributed by atoms with Crippen LogP contribution in [0.2, 0.25) is 0 Å². The van der Waals surface area contributed by atoms with E-state index in [-0.39, 0.29) is 5.91 Å². The number of ether oxygens (including phenoxy) is 1. The number of aryl methyl sites for hydroxylation is 1. The fourth-order valence-corrected chi connectivity index (χ4v) is 5.45. The summed E-state index contributed by atoms with van der Waals surface area (Å²) in [5.41, 5.74) is 4.53. The van der Waals surface area contributed by atoms with Gasteiger partial charge in [-0.25, -0.2) is 4.98 Å². The number of piperidine rings is 1. The van der Waals surface area contributed by atoms with Gasteiger partial charge in [0.15, 0.2) is 5.11 Å². The smallest absolute Gasteiger partial charge is 0.275 e. The molecule has 1 amide bonds. The highest BCUT2D eigenvalue weighted by Crippen LogP contribution is 2.32. The lowest BCUT2D eigenvalue weighted by atomic mass is 9.98. The zero-order valence-corrected chi connectivity index (χ0v) is 21.9. The van der Waals surface area contributed by atoms with E-state index in [4.69, 9.17) is 21.9 Å². The summed E-state index contributed by atoms with van der Waals surface area (Å²) < 4.78 is 5.08. The maximum Gasteiger partial charge on any atom is 0.275 e. The Morgan fingerprint density at radius 1 is 1.17 bits per heavy atom. The highest BCUT2D eigenvalue weighted by Gasteiger charge is 2.25. The number of amides is 1. The first-order valence-electron chi connectivity index (χ1n) is 12.0. The van der Waals surface area contributed by atoms with Crippen molar-refractivity contribution in [1.82, 2.24) is 15.2 Å². The van der Waals surface area contributed by atoms with Gasteiger partial charge in [-0.2, -0.15) is 0 Å². The Hall–Kier alpha value is -2.81. The van der Waals surface area contributed by atoms with Gasteiger partial charge in [-0.1, -0.05) is 48.0 Å². The van der Waals surface area contributed by atoms with Gasteiger partial charge < -0.3 is 20.3 Å². The largest absolute Gasteiger partial charge is 0.385 e. The predicted molar refractivity (Wildman–Crippen MR) is 147 cm³/mol. The average molecular weight is 509 g/mol. The third kappa shape index (κ3) is 6.66. The van der Waals surface area contributed by atoms with Crippen LogP contribution in [0.25, 0.3) is 11.1 Å². The molecule has 0 atom stereocenters. The molecular weight excluding hydrogens is 476 g/mol. The lowest BCUT2D eigenvalue weighted by Crippen LogP contribution is -2.44. The molecule has 3 aromatic rings. The average Bonchev–Trinajstić information content (AvgIpc) is 3.38. The number of nitrogens with zero attached hydrogens (tertiary/aromatic N) is 2. The van der Waals surface area contributed by atoms with Crippen molar-refractivity contribution in [2.24, 2.45) is 0 Å². The van der Waals surface area contributed by atoms with E-state index in [2.05, 4.69) is 46.7 Å². The number of carbonyl (C=O) groups is 1. The lowest BCUT2D eigenvalue weighted by Gasteiger charge is -2.33. The summed E-state index contributed by atoms with van der Waals surface area (Å²) in [6.45, 7) is 5.41. The number of anilines is 1. The minimum absolute atomic E-state index is 0.175. The number of hydrogen-bond acceptors (Lipinski definition) is 5. The van der Waals surface area contributed by atoms with Crippen LogP contribution in [0.15, 0.2) is 53.9 Å². The number of methoxy groups -OCH3 is 1. The van der Waals surface area contributed by atoms with Gasteiger partial charge in [0.1, 0.15) is 5.69 Å². The topological polar surface area (TPSA) is 66.5 Å². The molecule has 4 rings (SSSR count). The first kappa shape index (κ1) is 25.3. The van der Waals surface area contributed by atoms with Crippen LogP contribution in [0.4, 0.5) is 5.69 Å². The molecule has 6 nitrogen and oxygen atoms in total. The quantitative estimate of drug-likeness (QED) is 0.311. The molecule has 1 fully saturated rings. The standard InChI is InChI=1S/C27H32N4O2S2/c1-19-8-10-20(11-9-19)22-6-3-4-7-23(22)29-25(32)24-18-35-26(30-24)21-12-15-31(16-13-21)27(34)28-14-5-17-33-2/h3-4,6-11,18,21H,5,12-17H2,1-2H3,(H,28,34)(H,29,32). The number of rotatable bonds is 8. The van der Waals surface area contributed by atoms with Crippen molar-refractivity contribution in [1.29, 1.82) is 0 Å². The SMILES string of the molecule is COCCCNC(=S)N1CCC(c2nc(C(=O)Nc3ccccc3-c3ccc(C)cc3)cs2)CC1. The van der Waals surface area contributed by atoms with Crippen LogP contribution < -0.4 is 10.6 Å². The molecule has 0 spiro atoms. The third-order valence-electron chi connectivity index (χ3n) is 6.23. The summed E-state index contributed by atoms with van der Waals surface area (Å²) in [5, 5.41) is 10.1. The van der Waals surface area contributed by atoms with Gasteiger partial charge in [-0.3, -0.25) is 4.79 Å². The van der Waals surface area contributed by atoms with Gasteiger partial charge in [0, 0.05) is 55.9 Å². The molecule has 0 aliphatic carbocycles. The second kappa shape index (κ2) is 12.2. The molecule has 0 radical (unpaired) electrons. The fourth-order valence-electron chi connectivity index (χ4n) is 4.20. The molecule has 8 heteroatoms. The van der Waals surface area contributed by atoms with Crippen LogP contribution in [0.5, 0.6) is 0 Å².